The second-order valence-electron chi connectivity index (χ2n) is 5.39. The number of hydrogen-bond donors (Lipinski definition) is 3. The number of hydrogen-bond acceptors (Lipinski definition) is 4. The Morgan fingerprint density at radius 3 is 2.44 bits per heavy atom. The minimum atomic E-state index is -2.64. The van der Waals surface area contributed by atoms with Crippen LogP contribution in [0.5, 0.6) is 0 Å². The number of nitrogens with one attached hydrogen (secondary N) is 2. The second kappa shape index (κ2) is 8.29. The van der Waals surface area contributed by atoms with Gasteiger partial charge in [-0.25, -0.2) is 8.78 Å². The first kappa shape index (κ1) is 18.5. The number of benzene rings is 1. The monoisotopic (exact) mass is 348 g/mol. The lowest BCUT2D eigenvalue weighted by Gasteiger charge is -2.14. The van der Waals surface area contributed by atoms with E-state index >= 15 is 0 Å². The van der Waals surface area contributed by atoms with Crippen LogP contribution in [0.15, 0.2) is 42.5 Å². The number of pyridine rings is 1. The number of halogens is 2. The van der Waals surface area contributed by atoms with Crippen LogP contribution in [0, 0.1) is 0 Å². The third-order valence-electron chi connectivity index (χ3n) is 3.47. The summed E-state index contributed by atoms with van der Waals surface area (Å²) in [5.74, 6) is -0.858. The molecule has 6 nitrogen and oxygen atoms in total. The van der Waals surface area contributed by atoms with Crippen molar-refractivity contribution < 1.29 is 18.4 Å². The number of carbonyl (C=O) groups excluding carboxylic acids is 2. The Balaban J connectivity index is 1.89. The van der Waals surface area contributed by atoms with Gasteiger partial charge in [-0.3, -0.25) is 14.6 Å². The number of primary amides is 1. The van der Waals surface area contributed by atoms with Gasteiger partial charge in [0.15, 0.2) is 0 Å². The maximum atomic E-state index is 12.6. The molecule has 0 saturated carbocycles. The van der Waals surface area contributed by atoms with Crippen LogP contribution in [0.25, 0.3) is 0 Å². The molecule has 2 amide bonds. The number of rotatable bonds is 7. The van der Waals surface area contributed by atoms with Crippen LogP contribution in [0.2, 0.25) is 0 Å². The summed E-state index contributed by atoms with van der Waals surface area (Å²) in [6.45, 7) is 1.82. The lowest BCUT2D eigenvalue weighted by atomic mass is 10.2. The molecule has 132 valence electrons. The van der Waals surface area contributed by atoms with Gasteiger partial charge in [0.25, 0.3) is 6.43 Å². The van der Waals surface area contributed by atoms with Crippen molar-refractivity contribution in [2.24, 2.45) is 5.73 Å². The lowest BCUT2D eigenvalue weighted by molar-refractivity contribution is -0.117. The predicted molar refractivity (Wildman–Crippen MR) is 89.1 cm³/mol. The molecule has 1 aromatic heterocycles. The molecule has 0 spiro atoms. The third kappa shape index (κ3) is 5.32. The zero-order valence-corrected chi connectivity index (χ0v) is 13.5. The van der Waals surface area contributed by atoms with E-state index in [-0.39, 0.29) is 18.1 Å². The maximum Gasteiger partial charge on any atom is 0.280 e. The Labute approximate surface area is 143 Å². The smallest absolute Gasteiger partial charge is 0.280 e. The molecular weight excluding hydrogens is 330 g/mol. The number of aromatic nitrogens is 1. The molecule has 1 atom stereocenters. The average molecular weight is 348 g/mol. The van der Waals surface area contributed by atoms with Crippen LogP contribution in [0.4, 0.5) is 14.5 Å². The zero-order chi connectivity index (χ0) is 18.4. The molecule has 1 heterocycles. The van der Waals surface area contributed by atoms with Gasteiger partial charge in [0.2, 0.25) is 11.8 Å². The van der Waals surface area contributed by atoms with Gasteiger partial charge in [-0.2, -0.15) is 0 Å². The van der Waals surface area contributed by atoms with Gasteiger partial charge in [-0.05, 0) is 43.3 Å². The second-order valence-corrected chi connectivity index (χ2v) is 5.39. The van der Waals surface area contributed by atoms with Gasteiger partial charge in [0.05, 0.1) is 11.7 Å². The van der Waals surface area contributed by atoms with Gasteiger partial charge >= 0.3 is 0 Å². The number of anilines is 1. The van der Waals surface area contributed by atoms with E-state index in [9.17, 15) is 18.4 Å². The summed E-state index contributed by atoms with van der Waals surface area (Å²) in [6, 6.07) is 9.93. The highest BCUT2D eigenvalue weighted by Gasteiger charge is 2.14. The van der Waals surface area contributed by atoms with Crippen molar-refractivity contribution >= 4 is 17.5 Å². The summed E-state index contributed by atoms with van der Waals surface area (Å²) in [4.78, 5) is 26.9. The van der Waals surface area contributed by atoms with Crippen LogP contribution in [0.3, 0.4) is 0 Å². The minimum absolute atomic E-state index is 0.176. The van der Waals surface area contributed by atoms with Crippen LogP contribution in [0.1, 0.15) is 35.1 Å². The molecule has 25 heavy (non-hydrogen) atoms. The lowest BCUT2D eigenvalue weighted by Crippen LogP contribution is -2.37. The summed E-state index contributed by atoms with van der Waals surface area (Å²) in [5.41, 5.74) is 6.12. The predicted octanol–water partition coefficient (Wildman–Crippen LogP) is 2.23. The summed E-state index contributed by atoms with van der Waals surface area (Å²) in [5, 5.41) is 5.60. The largest absolute Gasteiger partial charge is 0.366 e. The maximum absolute atomic E-state index is 12.6. The molecule has 8 heteroatoms. The molecule has 0 aliphatic carbocycles. The molecule has 0 aliphatic rings. The van der Waals surface area contributed by atoms with E-state index in [1.54, 1.807) is 25.1 Å². The van der Waals surface area contributed by atoms with Crippen LogP contribution in [-0.4, -0.2) is 22.8 Å². The first-order chi connectivity index (χ1) is 11.9. The number of nitrogens with two attached hydrogens (primary N) is 1. The molecule has 2 aromatic rings. The average Bonchev–Trinajstić information content (AvgIpc) is 2.60. The molecule has 0 radical (unpaired) electrons. The minimum Gasteiger partial charge on any atom is -0.366 e. The van der Waals surface area contributed by atoms with Gasteiger partial charge in [-0.15, -0.1) is 0 Å². The molecular formula is C17H18F2N4O2. The van der Waals surface area contributed by atoms with Crippen molar-refractivity contribution in [3.05, 3.63) is 59.4 Å². The van der Waals surface area contributed by atoms with Crippen LogP contribution >= 0.6 is 0 Å². The van der Waals surface area contributed by atoms with E-state index in [2.05, 4.69) is 15.6 Å². The van der Waals surface area contributed by atoms with E-state index in [0.717, 1.165) is 0 Å². The Morgan fingerprint density at radius 2 is 1.84 bits per heavy atom. The van der Waals surface area contributed by atoms with Gasteiger partial charge in [0, 0.05) is 17.8 Å². The Bertz CT molecular complexity index is 751. The van der Waals surface area contributed by atoms with Crippen molar-refractivity contribution in [1.82, 2.24) is 10.3 Å². The fourth-order valence-electron chi connectivity index (χ4n) is 2.04. The van der Waals surface area contributed by atoms with E-state index in [4.69, 9.17) is 5.73 Å². The number of carbonyl (C=O) groups is 2. The van der Waals surface area contributed by atoms with Gasteiger partial charge < -0.3 is 16.4 Å². The summed E-state index contributed by atoms with van der Waals surface area (Å²) in [6.07, 6.45) is -2.64. The number of amides is 2. The highest BCUT2D eigenvalue weighted by Crippen LogP contribution is 2.16. The van der Waals surface area contributed by atoms with Gasteiger partial charge in [-0.1, -0.05) is 6.07 Å². The summed E-state index contributed by atoms with van der Waals surface area (Å²) >= 11 is 0. The first-order valence-electron chi connectivity index (χ1n) is 7.55. The fourth-order valence-corrected chi connectivity index (χ4v) is 2.04. The van der Waals surface area contributed by atoms with Crippen LogP contribution in [-0.2, 0) is 11.3 Å². The number of alkyl halides is 2. The van der Waals surface area contributed by atoms with Crippen molar-refractivity contribution in [2.45, 2.75) is 25.9 Å². The van der Waals surface area contributed by atoms with E-state index < -0.39 is 18.4 Å². The quantitative estimate of drug-likeness (QED) is 0.715. The topological polar surface area (TPSA) is 97.1 Å². The standard InChI is InChI=1S/C17H18F2N4O2/c1-10(21-9-13-3-2-4-14(22-13)15(18)19)17(25)23-12-7-5-11(6-8-12)16(20)24/h2-8,10,15,21H,9H2,1H3,(H2,20,24)(H,23,25). The SMILES string of the molecule is CC(NCc1cccc(C(F)F)n1)C(=O)Nc1ccc(C(N)=O)cc1. The molecule has 0 saturated heterocycles. The molecule has 1 aromatic carbocycles. The van der Waals surface area contributed by atoms with Crippen LogP contribution < -0.4 is 16.4 Å². The Morgan fingerprint density at radius 1 is 1.16 bits per heavy atom. The van der Waals surface area contributed by atoms with Crippen molar-refractivity contribution in [3.8, 4) is 0 Å². The highest BCUT2D eigenvalue weighted by atomic mass is 19.3. The molecule has 4 N–H and O–H groups in total. The first-order valence-corrected chi connectivity index (χ1v) is 7.55. The third-order valence-corrected chi connectivity index (χ3v) is 3.47. The molecule has 1 unspecified atom stereocenters. The van der Waals surface area contributed by atoms with E-state index in [0.29, 0.717) is 16.9 Å². The van der Waals surface area contributed by atoms with Crippen molar-refractivity contribution in [2.75, 3.05) is 5.32 Å². The summed E-state index contributed by atoms with van der Waals surface area (Å²) < 4.78 is 25.2. The molecule has 2 rings (SSSR count). The summed E-state index contributed by atoms with van der Waals surface area (Å²) in [7, 11) is 0. The molecule has 0 aliphatic heterocycles. The highest BCUT2D eigenvalue weighted by molar-refractivity contribution is 5.96. The van der Waals surface area contributed by atoms with E-state index in [1.165, 1.54) is 24.3 Å². The zero-order valence-electron chi connectivity index (χ0n) is 13.5. The fraction of sp³-hybridized carbons (Fsp3) is 0.235. The Kier molecular flexibility index (Phi) is 6.13. The van der Waals surface area contributed by atoms with Gasteiger partial charge in [0.1, 0.15) is 5.69 Å². The normalized spacial score (nSPS) is 12.0. The Hall–Kier alpha value is -2.87. The number of nitrogens with zero attached hydrogens (tertiary/aromatic N) is 1. The molecule has 0 fully saturated rings. The molecule has 0 bridgehead atoms. The van der Waals surface area contributed by atoms with Crippen molar-refractivity contribution in [1.29, 1.82) is 0 Å². The van der Waals surface area contributed by atoms with Crippen molar-refractivity contribution in [3.63, 3.8) is 0 Å². The van der Waals surface area contributed by atoms with E-state index in [1.807, 2.05) is 0 Å².